The van der Waals surface area contributed by atoms with Gasteiger partial charge in [0.2, 0.25) is 0 Å². The number of nitrogens with zero attached hydrogens (tertiary/aromatic N) is 2. The van der Waals surface area contributed by atoms with Crippen LogP contribution in [0.5, 0.6) is 0 Å². The molecule has 1 amide bonds. The van der Waals surface area contributed by atoms with Crippen molar-refractivity contribution in [1.82, 2.24) is 9.88 Å². The third-order valence-corrected chi connectivity index (χ3v) is 6.80. The molecule has 3 aromatic rings. The second-order valence-corrected chi connectivity index (χ2v) is 8.52. The van der Waals surface area contributed by atoms with E-state index < -0.39 is 0 Å². The van der Waals surface area contributed by atoms with Crippen molar-refractivity contribution in [2.45, 2.75) is 47.0 Å². The van der Waals surface area contributed by atoms with Crippen molar-refractivity contribution in [3.8, 4) is 11.3 Å². The van der Waals surface area contributed by atoms with E-state index in [1.807, 2.05) is 37.8 Å². The van der Waals surface area contributed by atoms with Gasteiger partial charge in [0.25, 0.3) is 5.91 Å². The van der Waals surface area contributed by atoms with Crippen LogP contribution in [0.25, 0.3) is 21.5 Å². The van der Waals surface area contributed by atoms with Crippen LogP contribution in [0.2, 0.25) is 0 Å². The standard InChI is InChI=1S/C22H26N2O2S.ClH/c1-5-24(6-2)22(25)18-14(4)23-21-19(20(18)16-8-7-11-26-16)15-10-9-13(3)12-17(15)27-21;/h7-8,11,13H,5-6,9-10,12H2,1-4H3;1H. The van der Waals surface area contributed by atoms with E-state index in [4.69, 9.17) is 9.40 Å². The molecule has 0 aliphatic heterocycles. The van der Waals surface area contributed by atoms with Gasteiger partial charge in [0, 0.05) is 28.9 Å². The molecule has 4 nitrogen and oxygen atoms in total. The van der Waals surface area contributed by atoms with Gasteiger partial charge in [-0.1, -0.05) is 6.92 Å². The van der Waals surface area contributed by atoms with E-state index in [0.29, 0.717) is 24.6 Å². The molecule has 150 valence electrons. The molecule has 3 aromatic heterocycles. The number of fused-ring (bicyclic) bond motifs is 3. The minimum absolute atomic E-state index is 0. The van der Waals surface area contributed by atoms with Crippen LogP contribution in [0.15, 0.2) is 22.8 Å². The van der Waals surface area contributed by atoms with Gasteiger partial charge < -0.3 is 9.32 Å². The van der Waals surface area contributed by atoms with Crippen LogP contribution < -0.4 is 0 Å². The summed E-state index contributed by atoms with van der Waals surface area (Å²) in [5.74, 6) is 1.51. The largest absolute Gasteiger partial charge is 0.464 e. The number of amides is 1. The smallest absolute Gasteiger partial charge is 0.256 e. The van der Waals surface area contributed by atoms with Crippen LogP contribution in [0.4, 0.5) is 0 Å². The Labute approximate surface area is 176 Å². The first-order valence-electron chi connectivity index (χ1n) is 9.83. The normalized spacial score (nSPS) is 15.9. The molecular formula is C22H27ClN2O2S. The Morgan fingerprint density at radius 2 is 2.11 bits per heavy atom. The topological polar surface area (TPSA) is 46.3 Å². The highest BCUT2D eigenvalue weighted by atomic mass is 35.5. The molecule has 0 saturated heterocycles. The Balaban J connectivity index is 0.00000225. The first-order chi connectivity index (χ1) is 13.0. The Bertz CT molecular complexity index is 990. The van der Waals surface area contributed by atoms with Crippen molar-refractivity contribution >= 4 is 39.9 Å². The highest BCUT2D eigenvalue weighted by molar-refractivity contribution is 7.19. The predicted molar refractivity (Wildman–Crippen MR) is 118 cm³/mol. The third kappa shape index (κ3) is 3.35. The molecule has 0 aromatic carbocycles. The number of hydrogen-bond acceptors (Lipinski definition) is 4. The Morgan fingerprint density at radius 3 is 2.75 bits per heavy atom. The van der Waals surface area contributed by atoms with Gasteiger partial charge in [-0.15, -0.1) is 23.7 Å². The highest BCUT2D eigenvalue weighted by Crippen LogP contribution is 2.44. The van der Waals surface area contributed by atoms with Crippen LogP contribution in [0.3, 0.4) is 0 Å². The number of hydrogen-bond donors (Lipinski definition) is 0. The second-order valence-electron chi connectivity index (χ2n) is 7.43. The highest BCUT2D eigenvalue weighted by Gasteiger charge is 2.29. The number of pyridine rings is 1. The number of carbonyl (C=O) groups excluding carboxylic acids is 1. The first kappa shape index (κ1) is 20.9. The first-order valence-corrected chi connectivity index (χ1v) is 10.6. The number of carbonyl (C=O) groups is 1. The molecule has 0 radical (unpaired) electrons. The van der Waals surface area contributed by atoms with E-state index in [1.165, 1.54) is 16.9 Å². The summed E-state index contributed by atoms with van der Waals surface area (Å²) in [5.41, 5.74) is 3.80. The van der Waals surface area contributed by atoms with Crippen LogP contribution >= 0.6 is 23.7 Å². The summed E-state index contributed by atoms with van der Waals surface area (Å²) in [7, 11) is 0. The molecular weight excluding hydrogens is 392 g/mol. The fourth-order valence-corrected chi connectivity index (χ4v) is 5.62. The van der Waals surface area contributed by atoms with Crippen LogP contribution in [-0.4, -0.2) is 28.9 Å². The molecule has 3 heterocycles. The molecule has 0 fully saturated rings. The molecule has 0 bridgehead atoms. The summed E-state index contributed by atoms with van der Waals surface area (Å²) in [5, 5.41) is 1.14. The molecule has 4 rings (SSSR count). The zero-order valence-corrected chi connectivity index (χ0v) is 18.5. The lowest BCUT2D eigenvalue weighted by molar-refractivity contribution is 0.0772. The van der Waals surface area contributed by atoms with Gasteiger partial charge in [-0.05, 0) is 63.6 Å². The fourth-order valence-electron chi connectivity index (χ4n) is 4.18. The number of thiophene rings is 1. The summed E-state index contributed by atoms with van der Waals surface area (Å²) >= 11 is 1.79. The van der Waals surface area contributed by atoms with E-state index in [9.17, 15) is 4.79 Å². The number of halogens is 1. The van der Waals surface area contributed by atoms with Gasteiger partial charge in [0.05, 0.1) is 17.5 Å². The lowest BCUT2D eigenvalue weighted by Crippen LogP contribution is -2.31. The SMILES string of the molecule is CCN(CC)C(=O)c1c(C)nc2sc3c(c2c1-c1ccco1)CCC(C)C3.Cl. The molecule has 28 heavy (non-hydrogen) atoms. The summed E-state index contributed by atoms with van der Waals surface area (Å²) in [4.78, 5) is 22.6. The minimum atomic E-state index is 0. The zero-order valence-electron chi connectivity index (χ0n) is 16.9. The number of rotatable bonds is 4. The van der Waals surface area contributed by atoms with Gasteiger partial charge >= 0.3 is 0 Å². The van der Waals surface area contributed by atoms with E-state index >= 15 is 0 Å². The van der Waals surface area contributed by atoms with Gasteiger partial charge in [0.15, 0.2) is 0 Å². The molecule has 1 unspecified atom stereocenters. The predicted octanol–water partition coefficient (Wildman–Crippen LogP) is 5.89. The lowest BCUT2D eigenvalue weighted by Gasteiger charge is -2.22. The van der Waals surface area contributed by atoms with Crippen LogP contribution in [0, 0.1) is 12.8 Å². The Kier molecular flexibility index (Phi) is 6.15. The van der Waals surface area contributed by atoms with Crippen molar-refractivity contribution in [3.05, 3.63) is 40.1 Å². The monoisotopic (exact) mass is 418 g/mol. The number of aromatic nitrogens is 1. The van der Waals surface area contributed by atoms with Gasteiger partial charge in [0.1, 0.15) is 10.6 Å². The van der Waals surface area contributed by atoms with Gasteiger partial charge in [-0.25, -0.2) is 4.98 Å². The maximum absolute atomic E-state index is 13.4. The molecule has 1 aliphatic carbocycles. The Morgan fingerprint density at radius 1 is 1.36 bits per heavy atom. The fraction of sp³-hybridized carbons (Fsp3) is 0.455. The maximum atomic E-state index is 13.4. The average Bonchev–Trinajstić information content (AvgIpc) is 3.28. The zero-order chi connectivity index (χ0) is 19.1. The number of furan rings is 1. The third-order valence-electron chi connectivity index (χ3n) is 5.66. The van der Waals surface area contributed by atoms with Crippen LogP contribution in [0.1, 0.15) is 53.7 Å². The summed E-state index contributed by atoms with van der Waals surface area (Å²) in [6, 6.07) is 3.85. The van der Waals surface area contributed by atoms with Crippen molar-refractivity contribution in [1.29, 1.82) is 0 Å². The summed E-state index contributed by atoms with van der Waals surface area (Å²) < 4.78 is 5.81. The number of aryl methyl sites for hydroxylation is 2. The van der Waals surface area contributed by atoms with Crippen LogP contribution in [-0.2, 0) is 12.8 Å². The average molecular weight is 419 g/mol. The van der Waals surface area contributed by atoms with E-state index in [1.54, 1.807) is 17.6 Å². The summed E-state index contributed by atoms with van der Waals surface area (Å²) in [6.07, 6.45) is 5.02. The lowest BCUT2D eigenvalue weighted by atomic mass is 9.87. The summed E-state index contributed by atoms with van der Waals surface area (Å²) in [6.45, 7) is 9.66. The van der Waals surface area contributed by atoms with Gasteiger partial charge in [-0.2, -0.15) is 0 Å². The molecule has 0 spiro atoms. The molecule has 1 aliphatic rings. The van der Waals surface area contributed by atoms with E-state index in [0.717, 1.165) is 40.1 Å². The quantitative estimate of drug-likeness (QED) is 0.530. The minimum Gasteiger partial charge on any atom is -0.464 e. The van der Waals surface area contributed by atoms with Gasteiger partial charge in [-0.3, -0.25) is 4.79 Å². The molecule has 0 N–H and O–H groups in total. The van der Waals surface area contributed by atoms with Crippen molar-refractivity contribution in [2.75, 3.05) is 13.1 Å². The molecule has 6 heteroatoms. The van der Waals surface area contributed by atoms with E-state index in [2.05, 4.69) is 6.92 Å². The van der Waals surface area contributed by atoms with E-state index in [-0.39, 0.29) is 18.3 Å². The second kappa shape index (κ2) is 8.26. The van der Waals surface area contributed by atoms with Crippen molar-refractivity contribution in [2.24, 2.45) is 5.92 Å². The maximum Gasteiger partial charge on any atom is 0.256 e. The van der Waals surface area contributed by atoms with Crippen molar-refractivity contribution in [3.63, 3.8) is 0 Å². The Hall–Kier alpha value is -1.85. The molecule has 0 saturated carbocycles. The van der Waals surface area contributed by atoms with Crippen molar-refractivity contribution < 1.29 is 9.21 Å². The molecule has 1 atom stereocenters.